The van der Waals surface area contributed by atoms with E-state index in [0.29, 0.717) is 37.7 Å². The second-order valence-electron chi connectivity index (χ2n) is 21.1. The van der Waals surface area contributed by atoms with E-state index >= 15 is 4.39 Å². The maximum absolute atomic E-state index is 17.4. The first kappa shape index (κ1) is 47.1. The number of carbonyl (C=O) groups excluding carboxylic acids is 7. The summed E-state index contributed by atoms with van der Waals surface area (Å²) in [4.78, 5) is 89.0. The predicted molar refractivity (Wildman–Crippen MR) is 224 cm³/mol. The Bertz CT molecular complexity index is 2210. The first-order valence-corrected chi connectivity index (χ1v) is 23.0. The van der Waals surface area contributed by atoms with Crippen molar-refractivity contribution in [1.82, 2.24) is 0 Å². The van der Waals surface area contributed by atoms with Crippen molar-refractivity contribution >= 4 is 41.2 Å². The number of fused-ring (bicyclic) bond motifs is 10. The Kier molecular flexibility index (Phi) is 11.7. The number of ether oxygens (including phenoxy) is 4. The molecule has 8 aliphatic rings. The van der Waals surface area contributed by atoms with E-state index in [0.717, 1.165) is 5.57 Å². The minimum atomic E-state index is -2.16. The third-order valence-corrected chi connectivity index (χ3v) is 18.4. The number of ketones is 4. The van der Waals surface area contributed by atoms with Crippen LogP contribution in [0, 0.1) is 57.2 Å². The molecule has 65 heavy (non-hydrogen) atoms. The Morgan fingerprint density at radius 2 is 1.37 bits per heavy atom. The molecule has 354 valence electrons. The number of aliphatic hydroxyl groups excluding tert-OH is 2. The summed E-state index contributed by atoms with van der Waals surface area (Å²) in [6.45, 7) is 6.21. The average molecular weight is 909 g/mol. The van der Waals surface area contributed by atoms with Gasteiger partial charge in [-0.3, -0.25) is 28.8 Å². The van der Waals surface area contributed by atoms with Gasteiger partial charge in [0.15, 0.2) is 30.4 Å². The first-order valence-electron chi connectivity index (χ1n) is 23.0. The van der Waals surface area contributed by atoms with Gasteiger partial charge >= 0.3 is 18.1 Å². The van der Waals surface area contributed by atoms with Crippen LogP contribution >= 0.6 is 0 Å². The minimum absolute atomic E-state index is 0.00997. The van der Waals surface area contributed by atoms with Crippen LogP contribution in [0.5, 0.6) is 0 Å². The highest BCUT2D eigenvalue weighted by atomic mass is 19.1. The molecule has 0 heterocycles. The molecule has 0 amide bonds. The summed E-state index contributed by atoms with van der Waals surface area (Å²) < 4.78 is 37.3. The monoisotopic (exact) mass is 908 g/mol. The van der Waals surface area contributed by atoms with E-state index in [9.17, 15) is 54.0 Å². The van der Waals surface area contributed by atoms with Crippen LogP contribution in [-0.4, -0.2) is 111 Å². The molecule has 16 heteroatoms. The number of halogens is 1. The number of allylic oxidation sites excluding steroid dienone is 8. The van der Waals surface area contributed by atoms with Gasteiger partial charge in [-0.25, -0.2) is 9.18 Å². The second kappa shape index (κ2) is 16.2. The molecule has 0 radical (unpaired) electrons. The third kappa shape index (κ3) is 6.88. The van der Waals surface area contributed by atoms with Crippen LogP contribution in [0.2, 0.25) is 0 Å². The van der Waals surface area contributed by atoms with Crippen molar-refractivity contribution < 1.29 is 77.3 Å². The van der Waals surface area contributed by atoms with Gasteiger partial charge in [0.2, 0.25) is 18.4 Å². The number of aliphatic hydroxyl groups is 4. The topological polar surface area (TPSA) is 237 Å². The Morgan fingerprint density at radius 1 is 0.738 bits per heavy atom. The van der Waals surface area contributed by atoms with Gasteiger partial charge < -0.3 is 39.4 Å². The number of hydrogen-bond acceptors (Lipinski definition) is 15. The largest absolute Gasteiger partial charge is 0.511 e. The molecule has 6 saturated carbocycles. The Hall–Kier alpha value is -4.38. The van der Waals surface area contributed by atoms with E-state index in [-0.39, 0.29) is 55.0 Å². The highest BCUT2D eigenvalue weighted by molar-refractivity contribution is 6.02. The van der Waals surface area contributed by atoms with Crippen LogP contribution in [0.15, 0.2) is 47.6 Å². The zero-order valence-corrected chi connectivity index (χ0v) is 37.6. The molecule has 6 fully saturated rings. The Morgan fingerprint density at radius 3 is 2.08 bits per heavy atom. The lowest BCUT2D eigenvalue weighted by atomic mass is 9.44. The van der Waals surface area contributed by atoms with E-state index in [1.165, 1.54) is 18.2 Å². The van der Waals surface area contributed by atoms with Crippen molar-refractivity contribution in [3.05, 3.63) is 47.6 Å². The minimum Gasteiger partial charge on any atom is -0.458 e. The van der Waals surface area contributed by atoms with Gasteiger partial charge in [-0.1, -0.05) is 51.0 Å². The summed E-state index contributed by atoms with van der Waals surface area (Å²) >= 11 is 0. The normalized spacial score (nSPS) is 44.5. The highest BCUT2D eigenvalue weighted by Gasteiger charge is 2.76. The quantitative estimate of drug-likeness (QED) is 0.127. The van der Waals surface area contributed by atoms with Crippen molar-refractivity contribution in [2.24, 2.45) is 57.2 Å². The second-order valence-corrected chi connectivity index (χ2v) is 21.1. The molecule has 0 saturated heterocycles. The lowest BCUT2D eigenvalue weighted by molar-refractivity contribution is -0.219. The first-order chi connectivity index (χ1) is 30.4. The Labute approximate surface area is 376 Å². The molecule has 0 bridgehead atoms. The molecular weight excluding hydrogens is 848 g/mol. The molecule has 15 nitrogen and oxygen atoms in total. The zero-order chi connectivity index (χ0) is 47.3. The number of hydrogen-bond donors (Lipinski definition) is 4. The summed E-state index contributed by atoms with van der Waals surface area (Å²) in [5.41, 5.74) is -8.58. The molecule has 15 unspecified atom stereocenters. The van der Waals surface area contributed by atoms with E-state index in [1.54, 1.807) is 32.9 Å². The average Bonchev–Trinajstić information content (AvgIpc) is 3.63. The summed E-state index contributed by atoms with van der Waals surface area (Å²) in [6, 6.07) is 0. The number of carbonyl (C=O) groups is 7. The maximum atomic E-state index is 17.4. The molecule has 8 aliphatic carbocycles. The third-order valence-electron chi connectivity index (χ3n) is 18.4. The fraction of sp³-hybridized carbons (Fsp3) is 0.694. The van der Waals surface area contributed by atoms with Crippen molar-refractivity contribution in [3.8, 4) is 0 Å². The van der Waals surface area contributed by atoms with Gasteiger partial charge in [-0.2, -0.15) is 0 Å². The summed E-state index contributed by atoms with van der Waals surface area (Å²) in [7, 11) is 0. The van der Waals surface area contributed by atoms with Crippen molar-refractivity contribution in [3.63, 3.8) is 0 Å². The number of rotatable bonds is 11. The molecular formula is C49H61FO15. The number of alkyl halides is 1. The van der Waals surface area contributed by atoms with E-state index < -0.39 is 131 Å². The van der Waals surface area contributed by atoms with Gasteiger partial charge in [-0.05, 0) is 113 Å². The molecule has 0 aromatic carbocycles. The van der Waals surface area contributed by atoms with Crippen LogP contribution in [0.25, 0.3) is 0 Å². The molecule has 15 atom stereocenters. The van der Waals surface area contributed by atoms with Crippen LogP contribution in [-0.2, 0) is 47.7 Å². The molecule has 0 aromatic heterocycles. The number of esters is 2. The van der Waals surface area contributed by atoms with E-state index in [2.05, 4.69) is 0 Å². The SMILES string of the molecule is CC1CC2C3CCC4=CC(=O)C=CC4(C)C3(F)C(O)CC2(C)C1(O)C(=O)COC(=O)OCOC(=O)CCC(=O)OCC(=O)C1(O)CCC2C3CCC4=CC(=O)C=CC4(C)C3C(O)CC21C. The van der Waals surface area contributed by atoms with Crippen LogP contribution < -0.4 is 0 Å². The Balaban J connectivity index is 0.776. The van der Waals surface area contributed by atoms with Crippen molar-refractivity contribution in [2.75, 3.05) is 20.0 Å². The summed E-state index contributed by atoms with van der Waals surface area (Å²) in [5.74, 6) is -6.03. The van der Waals surface area contributed by atoms with Crippen molar-refractivity contribution in [2.45, 2.75) is 134 Å². The van der Waals surface area contributed by atoms with Crippen LogP contribution in [0.3, 0.4) is 0 Å². The van der Waals surface area contributed by atoms with Gasteiger partial charge in [0.05, 0.1) is 25.0 Å². The van der Waals surface area contributed by atoms with Gasteiger partial charge in [0.1, 0.15) is 11.2 Å². The van der Waals surface area contributed by atoms with E-state index in [1.807, 2.05) is 19.9 Å². The fourth-order valence-electron chi connectivity index (χ4n) is 15.0. The predicted octanol–water partition coefficient (Wildman–Crippen LogP) is 4.46. The molecule has 8 rings (SSSR count). The van der Waals surface area contributed by atoms with Gasteiger partial charge in [0.25, 0.3) is 0 Å². The molecule has 4 N–H and O–H groups in total. The lowest BCUT2D eigenvalue weighted by Crippen LogP contribution is -2.69. The van der Waals surface area contributed by atoms with Crippen molar-refractivity contribution in [1.29, 1.82) is 0 Å². The molecule has 0 aromatic rings. The standard InChI is InChI=1S/C49H61FO15/c1-26-18-34-33-9-7-28-20-30(52)13-16-44(28,3)48(33,50)36(54)22-46(34,5)49(26,61)38(56)24-63-42(59)65-25-64-40(58)11-10-39(57)62-23-37(55)47(60)17-14-32-31-8-6-27-19-29(51)12-15-43(27,2)41(31)35(53)21-45(32,47)4/h12-13,15-16,19-20,26,31-36,41,53-54,60-61H,6-11,14,17-18,21-25H2,1-5H3. The van der Waals surface area contributed by atoms with Gasteiger partial charge in [0, 0.05) is 33.5 Å². The van der Waals surface area contributed by atoms with Crippen LogP contribution in [0.1, 0.15) is 105 Å². The maximum Gasteiger partial charge on any atom is 0.511 e. The molecule has 0 aliphatic heterocycles. The van der Waals surface area contributed by atoms with E-state index in [4.69, 9.17) is 18.9 Å². The van der Waals surface area contributed by atoms with Crippen LogP contribution in [0.4, 0.5) is 9.18 Å². The zero-order valence-electron chi connectivity index (χ0n) is 37.6. The molecule has 0 spiro atoms. The summed E-state index contributed by atoms with van der Waals surface area (Å²) in [5, 5.41) is 47.2. The fourth-order valence-corrected chi connectivity index (χ4v) is 15.0. The highest BCUT2D eigenvalue weighted by Crippen LogP contribution is 2.71. The summed E-state index contributed by atoms with van der Waals surface area (Å²) in [6.07, 6.45) is 7.39. The van der Waals surface area contributed by atoms with Gasteiger partial charge in [-0.15, -0.1) is 0 Å². The lowest BCUT2D eigenvalue weighted by Gasteiger charge is -2.62. The smallest absolute Gasteiger partial charge is 0.458 e. The number of Topliss-reactive ketones (excluding diaryl/α,β-unsaturated/α-hetero) is 2.